The van der Waals surface area contributed by atoms with E-state index in [1.807, 2.05) is 20.8 Å². The normalized spacial score (nSPS) is 10.6. The summed E-state index contributed by atoms with van der Waals surface area (Å²) in [4.78, 5) is 17.8. The Labute approximate surface area is 147 Å². The van der Waals surface area contributed by atoms with Gasteiger partial charge in [-0.2, -0.15) is 0 Å². The fourth-order valence-electron chi connectivity index (χ4n) is 1.87. The SMILES string of the molecule is Cc1cc(C#Cc2cccc(F)c2)cnc1OC(=O)N(C)C(C)(C)C. The van der Waals surface area contributed by atoms with Crippen LogP contribution in [0, 0.1) is 24.6 Å². The third-order valence-electron chi connectivity index (χ3n) is 3.67. The van der Waals surface area contributed by atoms with E-state index < -0.39 is 6.09 Å². The molecule has 0 saturated heterocycles. The van der Waals surface area contributed by atoms with Gasteiger partial charge in [0.15, 0.2) is 0 Å². The molecule has 0 unspecified atom stereocenters. The van der Waals surface area contributed by atoms with Crippen molar-refractivity contribution < 1.29 is 13.9 Å². The summed E-state index contributed by atoms with van der Waals surface area (Å²) in [6, 6.07) is 7.85. The van der Waals surface area contributed by atoms with Crippen molar-refractivity contribution in [3.05, 3.63) is 59.0 Å². The summed E-state index contributed by atoms with van der Waals surface area (Å²) in [5.41, 5.74) is 1.59. The summed E-state index contributed by atoms with van der Waals surface area (Å²) in [6.07, 6.45) is 1.06. The van der Waals surface area contributed by atoms with Crippen molar-refractivity contribution in [3.63, 3.8) is 0 Å². The number of hydrogen-bond donors (Lipinski definition) is 0. The van der Waals surface area contributed by atoms with E-state index in [0.29, 0.717) is 16.7 Å². The zero-order valence-electron chi connectivity index (χ0n) is 15.1. The summed E-state index contributed by atoms with van der Waals surface area (Å²) < 4.78 is 18.5. The minimum Gasteiger partial charge on any atom is -0.391 e. The first-order chi connectivity index (χ1) is 11.7. The number of aryl methyl sites for hydroxylation is 1. The number of benzene rings is 1. The van der Waals surface area contributed by atoms with Crippen LogP contribution in [0.5, 0.6) is 5.88 Å². The van der Waals surface area contributed by atoms with E-state index in [-0.39, 0.29) is 17.2 Å². The van der Waals surface area contributed by atoms with Gasteiger partial charge in [-0.25, -0.2) is 14.2 Å². The maximum absolute atomic E-state index is 13.1. The Morgan fingerprint density at radius 3 is 2.48 bits per heavy atom. The molecule has 0 saturated carbocycles. The molecule has 1 heterocycles. The Bertz CT molecular complexity index is 845. The van der Waals surface area contributed by atoms with Crippen molar-refractivity contribution >= 4 is 6.09 Å². The largest absolute Gasteiger partial charge is 0.416 e. The molecule has 0 N–H and O–H groups in total. The maximum Gasteiger partial charge on any atom is 0.416 e. The van der Waals surface area contributed by atoms with Crippen LogP contribution in [0.1, 0.15) is 37.5 Å². The molecule has 2 rings (SSSR count). The average Bonchev–Trinajstić information content (AvgIpc) is 2.53. The van der Waals surface area contributed by atoms with Crippen LogP contribution in [0.3, 0.4) is 0 Å². The number of carbonyl (C=O) groups is 1. The molecule has 1 aromatic carbocycles. The summed E-state index contributed by atoms with van der Waals surface area (Å²) >= 11 is 0. The highest BCUT2D eigenvalue weighted by Gasteiger charge is 2.24. The fourth-order valence-corrected chi connectivity index (χ4v) is 1.87. The molecule has 0 aliphatic rings. The summed E-state index contributed by atoms with van der Waals surface area (Å²) in [5, 5.41) is 0. The van der Waals surface area contributed by atoms with Crippen LogP contribution in [-0.2, 0) is 0 Å². The number of ether oxygens (including phenoxy) is 1. The first-order valence-corrected chi connectivity index (χ1v) is 7.86. The van der Waals surface area contributed by atoms with Gasteiger partial charge in [0.05, 0.1) is 0 Å². The van der Waals surface area contributed by atoms with Crippen LogP contribution in [0.25, 0.3) is 0 Å². The second-order valence-corrected chi connectivity index (χ2v) is 6.70. The Kier molecular flexibility index (Phi) is 5.43. The van der Waals surface area contributed by atoms with Gasteiger partial charge in [-0.15, -0.1) is 0 Å². The quantitative estimate of drug-likeness (QED) is 0.732. The zero-order chi connectivity index (χ0) is 18.6. The van der Waals surface area contributed by atoms with Gasteiger partial charge in [0.2, 0.25) is 5.88 Å². The third kappa shape index (κ3) is 5.05. The lowest BCUT2D eigenvalue weighted by Crippen LogP contribution is -2.44. The standard InChI is InChI=1S/C20H21FN2O2/c1-14-11-16(10-9-15-7-6-8-17(21)12-15)13-22-18(14)25-19(24)23(5)20(2,3)4/h6-8,11-13H,1-5H3. The van der Waals surface area contributed by atoms with Crippen LogP contribution in [0.4, 0.5) is 9.18 Å². The van der Waals surface area contributed by atoms with Gasteiger partial charge in [0.1, 0.15) is 5.82 Å². The molecule has 2 aromatic rings. The highest BCUT2D eigenvalue weighted by molar-refractivity contribution is 5.71. The molecule has 0 radical (unpaired) electrons. The van der Waals surface area contributed by atoms with Gasteiger partial charge < -0.3 is 9.64 Å². The molecule has 0 bridgehead atoms. The first kappa shape index (κ1) is 18.5. The van der Waals surface area contributed by atoms with Crippen molar-refractivity contribution in [2.24, 2.45) is 0 Å². The topological polar surface area (TPSA) is 42.4 Å². The van der Waals surface area contributed by atoms with E-state index in [0.717, 1.165) is 0 Å². The Balaban J connectivity index is 2.15. The smallest absolute Gasteiger partial charge is 0.391 e. The summed E-state index contributed by atoms with van der Waals surface area (Å²) in [7, 11) is 1.68. The third-order valence-corrected chi connectivity index (χ3v) is 3.67. The number of amides is 1. The van der Waals surface area contributed by atoms with Gasteiger partial charge >= 0.3 is 6.09 Å². The highest BCUT2D eigenvalue weighted by Crippen LogP contribution is 2.18. The highest BCUT2D eigenvalue weighted by atomic mass is 19.1. The molecule has 0 spiro atoms. The Morgan fingerprint density at radius 2 is 1.88 bits per heavy atom. The van der Waals surface area contributed by atoms with Crippen LogP contribution >= 0.6 is 0 Å². The molecule has 0 fully saturated rings. The van der Waals surface area contributed by atoms with E-state index in [4.69, 9.17) is 4.74 Å². The van der Waals surface area contributed by atoms with Crippen LogP contribution in [0.2, 0.25) is 0 Å². The van der Waals surface area contributed by atoms with Gasteiger partial charge in [0, 0.05) is 35.5 Å². The minimum absolute atomic E-state index is 0.248. The zero-order valence-corrected chi connectivity index (χ0v) is 15.1. The second kappa shape index (κ2) is 7.35. The second-order valence-electron chi connectivity index (χ2n) is 6.70. The van der Waals surface area contributed by atoms with Crippen molar-refractivity contribution in [3.8, 4) is 17.7 Å². The van der Waals surface area contributed by atoms with Crippen molar-refractivity contribution in [2.75, 3.05) is 7.05 Å². The van der Waals surface area contributed by atoms with Crippen molar-refractivity contribution in [1.29, 1.82) is 0 Å². The number of aromatic nitrogens is 1. The van der Waals surface area contributed by atoms with E-state index in [9.17, 15) is 9.18 Å². The molecule has 0 aliphatic heterocycles. The number of carbonyl (C=O) groups excluding carboxylic acids is 1. The summed E-state index contributed by atoms with van der Waals surface area (Å²) in [6.45, 7) is 7.54. The maximum atomic E-state index is 13.1. The Hall–Kier alpha value is -2.87. The molecular weight excluding hydrogens is 319 g/mol. The first-order valence-electron chi connectivity index (χ1n) is 7.86. The van der Waals surface area contributed by atoms with Crippen LogP contribution in [-0.4, -0.2) is 28.6 Å². The van der Waals surface area contributed by atoms with Crippen LogP contribution < -0.4 is 4.74 Å². The lowest BCUT2D eigenvalue weighted by atomic mass is 10.1. The van der Waals surface area contributed by atoms with E-state index in [1.54, 1.807) is 32.2 Å². The molecule has 0 atom stereocenters. The number of nitrogens with zero attached hydrogens (tertiary/aromatic N) is 2. The predicted molar refractivity (Wildman–Crippen MR) is 94.9 cm³/mol. The monoisotopic (exact) mass is 340 g/mol. The molecular formula is C20H21FN2O2. The van der Waals surface area contributed by atoms with E-state index >= 15 is 0 Å². The molecule has 4 nitrogen and oxygen atoms in total. The summed E-state index contributed by atoms with van der Waals surface area (Å²) in [5.74, 6) is 5.73. The van der Waals surface area contributed by atoms with Gasteiger partial charge in [-0.1, -0.05) is 17.9 Å². The molecule has 5 heteroatoms. The lowest BCUT2D eigenvalue weighted by molar-refractivity contribution is 0.122. The fraction of sp³-hybridized carbons (Fsp3) is 0.300. The molecule has 1 amide bonds. The molecule has 0 aliphatic carbocycles. The number of hydrogen-bond acceptors (Lipinski definition) is 3. The van der Waals surface area contributed by atoms with Crippen molar-refractivity contribution in [2.45, 2.75) is 33.2 Å². The molecule has 1 aromatic heterocycles. The minimum atomic E-state index is -0.471. The Morgan fingerprint density at radius 1 is 1.20 bits per heavy atom. The van der Waals surface area contributed by atoms with Gasteiger partial charge in [-0.3, -0.25) is 0 Å². The van der Waals surface area contributed by atoms with Gasteiger partial charge in [-0.05, 0) is 52.0 Å². The number of rotatable bonds is 1. The number of pyridine rings is 1. The van der Waals surface area contributed by atoms with E-state index in [2.05, 4.69) is 16.8 Å². The lowest BCUT2D eigenvalue weighted by Gasteiger charge is -2.30. The number of halogens is 1. The average molecular weight is 340 g/mol. The van der Waals surface area contributed by atoms with Crippen molar-refractivity contribution in [1.82, 2.24) is 9.88 Å². The molecule has 25 heavy (non-hydrogen) atoms. The van der Waals surface area contributed by atoms with Crippen LogP contribution in [0.15, 0.2) is 36.5 Å². The predicted octanol–water partition coefficient (Wildman–Crippen LogP) is 4.16. The van der Waals surface area contributed by atoms with E-state index in [1.165, 1.54) is 23.2 Å². The van der Waals surface area contributed by atoms with Gasteiger partial charge in [0.25, 0.3) is 0 Å². The molecule has 130 valence electrons.